The summed E-state index contributed by atoms with van der Waals surface area (Å²) in [7, 11) is 0. The van der Waals surface area contributed by atoms with Gasteiger partial charge in [0.15, 0.2) is 0 Å². The Morgan fingerprint density at radius 2 is 1.60 bits per heavy atom. The van der Waals surface area contributed by atoms with E-state index >= 15 is 0 Å². The van der Waals surface area contributed by atoms with Gasteiger partial charge in [-0.3, -0.25) is 0 Å². The van der Waals surface area contributed by atoms with Crippen molar-refractivity contribution in [1.82, 2.24) is 0 Å². The lowest BCUT2D eigenvalue weighted by Crippen LogP contribution is -2.39. The maximum absolute atomic E-state index is 12.6. The van der Waals surface area contributed by atoms with Gasteiger partial charge in [-0.2, -0.15) is 0 Å². The molecule has 3 saturated carbocycles. The van der Waals surface area contributed by atoms with Gasteiger partial charge in [0.2, 0.25) is 0 Å². The van der Waals surface area contributed by atoms with E-state index in [1.807, 2.05) is 0 Å². The Hall–Kier alpha value is -1.24. The van der Waals surface area contributed by atoms with Gasteiger partial charge in [-0.1, -0.05) is 76.1 Å². The number of fused-ring (bicyclic) bond motifs is 1. The number of hydrogen-bond acceptors (Lipinski definition) is 5. The average molecular weight is 721 g/mol. The molecule has 6 aliphatic rings. The number of allylic oxidation sites excluding steroid dienone is 2. The van der Waals surface area contributed by atoms with E-state index in [-0.39, 0.29) is 30.1 Å². The number of aliphatic hydroxyl groups excluding tert-OH is 4. The van der Waals surface area contributed by atoms with Gasteiger partial charge in [0.05, 0.1) is 30.5 Å². The highest BCUT2D eigenvalue weighted by Crippen LogP contribution is 2.54. The fourth-order valence-corrected chi connectivity index (χ4v) is 12.0. The third-order valence-corrected chi connectivity index (χ3v) is 15.5. The molecule has 6 aliphatic carbocycles. The van der Waals surface area contributed by atoms with Crippen molar-refractivity contribution >= 4 is 0 Å². The Morgan fingerprint density at radius 1 is 0.846 bits per heavy atom. The second kappa shape index (κ2) is 18.6. The van der Waals surface area contributed by atoms with Crippen molar-refractivity contribution in [3.8, 4) is 0 Å². The highest BCUT2D eigenvalue weighted by Gasteiger charge is 2.47. The number of hydrogen-bond donors (Lipinski definition) is 4. The van der Waals surface area contributed by atoms with E-state index in [0.29, 0.717) is 66.0 Å². The van der Waals surface area contributed by atoms with E-state index in [0.717, 1.165) is 115 Å². The zero-order valence-corrected chi connectivity index (χ0v) is 33.4. The van der Waals surface area contributed by atoms with Crippen LogP contribution in [0.1, 0.15) is 143 Å². The largest absolute Gasteiger partial charge is 0.396 e. The van der Waals surface area contributed by atoms with E-state index in [2.05, 4.69) is 52.5 Å². The standard InChI is InChI=1S/C47H76O5/c1-6-33-15-13-32(24-44(33)49)25-45(50)39-20-14-30(23-43(39)41-22-29(41)5)10-18-36-26-34(7-2)42-27-38(52-37(8-3)9-4)19-21-40(42)46(47(36)51)35-16-11-31(28-48)12-17-35/h6,15,21,23,29-32,34-39,41-42,44-51H,1,7-14,16-20,22,24-28H2,2-5H3. The van der Waals surface area contributed by atoms with Crippen LogP contribution in [0.25, 0.3) is 0 Å². The zero-order valence-electron chi connectivity index (χ0n) is 33.4. The zero-order chi connectivity index (χ0) is 36.9. The molecule has 0 aromatic heterocycles. The molecule has 0 heterocycles. The Labute approximate surface area is 317 Å². The van der Waals surface area contributed by atoms with Crippen molar-refractivity contribution in [2.45, 2.75) is 174 Å². The topological polar surface area (TPSA) is 90.2 Å². The Bertz CT molecular complexity index is 1240. The first-order valence-corrected chi connectivity index (χ1v) is 22.2. The molecule has 294 valence electrons. The molecule has 0 aliphatic heterocycles. The summed E-state index contributed by atoms with van der Waals surface area (Å²) in [6, 6.07) is 0. The lowest BCUT2D eigenvalue weighted by atomic mass is 9.65. The molecule has 6 rings (SSSR count). The van der Waals surface area contributed by atoms with Crippen molar-refractivity contribution in [2.75, 3.05) is 6.61 Å². The third-order valence-electron chi connectivity index (χ3n) is 15.5. The fourth-order valence-electron chi connectivity index (χ4n) is 12.0. The summed E-state index contributed by atoms with van der Waals surface area (Å²) in [4.78, 5) is 0. The molecule has 13 atom stereocenters. The molecule has 3 fully saturated rings. The van der Waals surface area contributed by atoms with E-state index in [9.17, 15) is 20.4 Å². The van der Waals surface area contributed by atoms with Gasteiger partial charge in [-0.15, -0.1) is 0 Å². The van der Waals surface area contributed by atoms with Crippen molar-refractivity contribution in [2.24, 2.45) is 65.1 Å². The van der Waals surface area contributed by atoms with Crippen LogP contribution in [0.5, 0.6) is 0 Å². The van der Waals surface area contributed by atoms with Crippen LogP contribution >= 0.6 is 0 Å². The molecule has 0 amide bonds. The summed E-state index contributed by atoms with van der Waals surface area (Å²) in [5.74, 6) is 4.96. The minimum absolute atomic E-state index is 0.236. The second-order valence-electron chi connectivity index (χ2n) is 18.7. The SMILES string of the molecule is C=CC1=CCC(CC(O)C2CCC(CCC3CC(CC)C4CC(OC(CC)CC)CC=C4C(C4CCC(CO)CC4)C3O)C=C2C2CC2C)CC1O. The molecule has 0 aromatic rings. The Balaban J connectivity index is 1.16. The molecule has 0 aromatic carbocycles. The van der Waals surface area contributed by atoms with Gasteiger partial charge in [0.25, 0.3) is 0 Å². The van der Waals surface area contributed by atoms with Gasteiger partial charge in [-0.25, -0.2) is 0 Å². The summed E-state index contributed by atoms with van der Waals surface area (Å²) in [5, 5.41) is 44.7. The number of rotatable bonds is 15. The summed E-state index contributed by atoms with van der Waals surface area (Å²) >= 11 is 0. The van der Waals surface area contributed by atoms with Gasteiger partial charge in [0.1, 0.15) is 0 Å². The molecule has 52 heavy (non-hydrogen) atoms. The number of ether oxygens (including phenoxy) is 1. The average Bonchev–Trinajstić information content (AvgIpc) is 3.92. The first kappa shape index (κ1) is 40.4. The van der Waals surface area contributed by atoms with E-state index in [4.69, 9.17) is 4.74 Å². The van der Waals surface area contributed by atoms with Crippen LogP contribution in [0, 0.1) is 65.1 Å². The highest BCUT2D eigenvalue weighted by molar-refractivity contribution is 5.26. The van der Waals surface area contributed by atoms with Crippen molar-refractivity contribution in [3.05, 3.63) is 47.6 Å². The predicted molar refractivity (Wildman–Crippen MR) is 212 cm³/mol. The minimum atomic E-state index is -0.455. The lowest BCUT2D eigenvalue weighted by Gasteiger charge is -2.42. The first-order valence-electron chi connectivity index (χ1n) is 22.2. The van der Waals surface area contributed by atoms with E-state index in [1.165, 1.54) is 12.0 Å². The van der Waals surface area contributed by atoms with Crippen LogP contribution in [-0.2, 0) is 4.74 Å². The van der Waals surface area contributed by atoms with Gasteiger partial charge in [0, 0.05) is 18.4 Å². The fraction of sp³-hybridized carbons (Fsp3) is 0.830. The molecule has 0 spiro atoms. The predicted octanol–water partition coefficient (Wildman–Crippen LogP) is 9.74. The molecule has 0 bridgehead atoms. The summed E-state index contributed by atoms with van der Waals surface area (Å²) in [6.45, 7) is 13.4. The molecule has 4 N–H and O–H groups in total. The van der Waals surface area contributed by atoms with E-state index < -0.39 is 6.10 Å². The van der Waals surface area contributed by atoms with Crippen molar-refractivity contribution in [3.63, 3.8) is 0 Å². The molecule has 13 unspecified atom stereocenters. The number of aliphatic hydroxyl groups is 4. The van der Waals surface area contributed by atoms with Crippen molar-refractivity contribution in [1.29, 1.82) is 0 Å². The van der Waals surface area contributed by atoms with Crippen LogP contribution in [0.3, 0.4) is 0 Å². The maximum Gasteiger partial charge on any atom is 0.0789 e. The monoisotopic (exact) mass is 721 g/mol. The normalized spacial score (nSPS) is 41.7. The summed E-state index contributed by atoms with van der Waals surface area (Å²) in [6.07, 6.45) is 27.5. The molecular weight excluding hydrogens is 645 g/mol. The summed E-state index contributed by atoms with van der Waals surface area (Å²) in [5.41, 5.74) is 4.04. The quantitative estimate of drug-likeness (QED) is 0.127. The Morgan fingerprint density at radius 3 is 2.23 bits per heavy atom. The smallest absolute Gasteiger partial charge is 0.0789 e. The molecule has 0 saturated heterocycles. The van der Waals surface area contributed by atoms with Crippen LogP contribution in [0.15, 0.2) is 47.6 Å². The Kier molecular flexibility index (Phi) is 14.5. The van der Waals surface area contributed by atoms with Gasteiger partial charge >= 0.3 is 0 Å². The maximum atomic E-state index is 12.6. The first-order chi connectivity index (χ1) is 25.2. The van der Waals surface area contributed by atoms with Crippen LogP contribution in [0.4, 0.5) is 0 Å². The van der Waals surface area contributed by atoms with Crippen LogP contribution in [-0.4, -0.2) is 57.6 Å². The van der Waals surface area contributed by atoms with Gasteiger partial charge in [-0.05, 0) is 168 Å². The van der Waals surface area contributed by atoms with Crippen LogP contribution in [0.2, 0.25) is 0 Å². The molecular formula is C47H76O5. The minimum Gasteiger partial charge on any atom is -0.396 e. The molecule has 5 nitrogen and oxygen atoms in total. The molecule has 5 heteroatoms. The molecule has 0 radical (unpaired) electrons. The van der Waals surface area contributed by atoms with E-state index in [1.54, 1.807) is 11.6 Å². The van der Waals surface area contributed by atoms with Crippen molar-refractivity contribution < 1.29 is 25.2 Å². The van der Waals surface area contributed by atoms with Gasteiger partial charge < -0.3 is 25.2 Å². The second-order valence-corrected chi connectivity index (χ2v) is 18.7. The highest BCUT2D eigenvalue weighted by atomic mass is 16.5. The lowest BCUT2D eigenvalue weighted by molar-refractivity contribution is -0.0325. The van der Waals surface area contributed by atoms with Crippen LogP contribution < -0.4 is 0 Å². The third kappa shape index (κ3) is 9.40. The summed E-state index contributed by atoms with van der Waals surface area (Å²) < 4.78 is 6.71.